The van der Waals surface area contributed by atoms with Gasteiger partial charge in [-0.3, -0.25) is 72.3 Å². The number of benzene rings is 5. The van der Waals surface area contributed by atoms with Crippen LogP contribution >= 0.6 is 11.6 Å². The largest absolute Gasteiger partial charge is 0.508 e. The van der Waals surface area contributed by atoms with Crippen LogP contribution in [0.1, 0.15) is 116 Å². The number of aliphatic hydroxyl groups excluding tert-OH is 1. The van der Waals surface area contributed by atoms with Crippen LogP contribution in [0.3, 0.4) is 0 Å². The Hall–Kier alpha value is -12.4. The van der Waals surface area contributed by atoms with Crippen LogP contribution in [0.4, 0.5) is 0 Å². The summed E-state index contributed by atoms with van der Waals surface area (Å²) in [5.41, 5.74) is 15.0. The van der Waals surface area contributed by atoms with E-state index in [1.807, 2.05) is 0 Å². The molecule has 0 spiro atoms. The zero-order valence-corrected chi connectivity index (χ0v) is 65.1. The van der Waals surface area contributed by atoms with Gasteiger partial charge < -0.3 is 94.8 Å². The first kappa shape index (κ1) is 86.6. The van der Waals surface area contributed by atoms with Gasteiger partial charge in [0, 0.05) is 84.1 Å². The number of aromatic hydroxyl groups is 1. The fourth-order valence-corrected chi connectivity index (χ4v) is 14.2. The van der Waals surface area contributed by atoms with Gasteiger partial charge in [-0.1, -0.05) is 86.1 Å². The van der Waals surface area contributed by atoms with Crippen LogP contribution in [-0.2, 0) is 83.2 Å². The molecular weight excluding hydrogens is 1500 g/mol. The Labute approximate surface area is 668 Å². The molecule has 0 bridgehead atoms. The molecule has 9 atom stereocenters. The maximum absolute atomic E-state index is 15.3. The number of aromatic amines is 1. The second-order valence-corrected chi connectivity index (χ2v) is 29.4. The van der Waals surface area contributed by atoms with Crippen molar-refractivity contribution in [2.45, 2.75) is 165 Å². The Kier molecular flexibility index (Phi) is 31.2. The van der Waals surface area contributed by atoms with Gasteiger partial charge in [0.1, 0.15) is 65.9 Å². The number of likely N-dealkylation sites (tertiary alicyclic amines) is 1. The van der Waals surface area contributed by atoms with E-state index in [1.54, 1.807) is 124 Å². The molecule has 9 rings (SSSR count). The molecule has 34 heteroatoms. The lowest BCUT2D eigenvalue weighted by atomic mass is 10.00. The zero-order valence-electron chi connectivity index (χ0n) is 64.4. The summed E-state index contributed by atoms with van der Waals surface area (Å²) in [6.07, 6.45) is 1.93. The summed E-state index contributed by atoms with van der Waals surface area (Å²) in [5.74, 6) is -9.89. The normalized spacial score (nSPS) is 15.6. The number of primary amides is 1. The van der Waals surface area contributed by atoms with E-state index in [-0.39, 0.29) is 133 Å². The number of phenolic OH excluding ortho intramolecular Hbond substituents is 1. The molecule has 115 heavy (non-hydrogen) atoms. The van der Waals surface area contributed by atoms with Gasteiger partial charge >= 0.3 is 0 Å². The summed E-state index contributed by atoms with van der Waals surface area (Å²) in [4.78, 5) is 188. The minimum Gasteiger partial charge on any atom is -0.508 e. The van der Waals surface area contributed by atoms with Gasteiger partial charge in [-0.2, -0.15) is 0 Å². The van der Waals surface area contributed by atoms with E-state index in [4.69, 9.17) is 33.2 Å². The topological polar surface area (TPSA) is 504 Å². The van der Waals surface area contributed by atoms with E-state index in [2.05, 4.69) is 63.5 Å². The van der Waals surface area contributed by atoms with Crippen molar-refractivity contribution in [2.24, 2.45) is 17.4 Å². The predicted molar refractivity (Wildman–Crippen MR) is 426 cm³/mol. The second kappa shape index (κ2) is 41.4. The number of carbonyl (C=O) groups is 13. The van der Waals surface area contributed by atoms with Crippen LogP contribution in [0, 0.1) is 18.3 Å². The van der Waals surface area contributed by atoms with Gasteiger partial charge in [0.15, 0.2) is 5.96 Å². The number of rotatable bonds is 40. The molecule has 2 aliphatic rings. The number of ether oxygens (including phenoxy) is 1. The number of unbranched alkanes of at least 4 members (excludes halogenated alkanes) is 1. The van der Waals surface area contributed by atoms with Crippen molar-refractivity contribution in [3.05, 3.63) is 166 Å². The highest BCUT2D eigenvalue weighted by Crippen LogP contribution is 2.32. The number of aliphatic hydroxyl groups is 1. The number of nitrogens with zero attached hydrogens (tertiary/aromatic N) is 2. The van der Waals surface area contributed by atoms with Crippen molar-refractivity contribution in [1.82, 2.24) is 72.9 Å². The minimum atomic E-state index is -1.85. The average Bonchev–Trinajstić information content (AvgIpc) is 1.60. The van der Waals surface area contributed by atoms with Crippen LogP contribution in [0.5, 0.6) is 11.5 Å². The van der Waals surface area contributed by atoms with Crippen LogP contribution in [0.2, 0.25) is 5.02 Å². The summed E-state index contributed by atoms with van der Waals surface area (Å²) >= 11 is 6.16. The lowest BCUT2D eigenvalue weighted by molar-refractivity contribution is -0.142. The lowest BCUT2D eigenvalue weighted by Gasteiger charge is -2.31. The number of aromatic nitrogens is 2. The number of hydrogen-bond acceptors (Lipinski definition) is 17. The molecule has 5 aromatic carbocycles. The van der Waals surface area contributed by atoms with Crippen molar-refractivity contribution in [3.8, 4) is 11.5 Å². The van der Waals surface area contributed by atoms with Gasteiger partial charge in [0.25, 0.3) is 5.91 Å². The lowest BCUT2D eigenvalue weighted by Crippen LogP contribution is -2.61. The number of amides is 12. The number of fused-ring (bicyclic) bond motifs is 2. The predicted octanol–water partition coefficient (Wildman–Crippen LogP) is 1.61. The highest BCUT2D eigenvalue weighted by Gasteiger charge is 2.41. The molecule has 0 unspecified atom stereocenters. The number of guanidine groups is 1. The number of phenols is 1. The monoisotopic (exact) mass is 1600 g/mol. The first-order valence-electron chi connectivity index (χ1n) is 38.2. The third kappa shape index (κ3) is 24.3. The molecule has 612 valence electrons. The van der Waals surface area contributed by atoms with Gasteiger partial charge in [0.05, 0.1) is 32.2 Å². The molecule has 2 fully saturated rings. The van der Waals surface area contributed by atoms with E-state index < -0.39 is 133 Å². The van der Waals surface area contributed by atoms with E-state index in [9.17, 15) is 63.0 Å². The highest BCUT2D eigenvalue weighted by atomic mass is 35.5. The number of carbonyl (C=O) groups excluding carboxylic acids is 13. The number of hydrogen-bond donors (Lipinski definition) is 17. The number of methoxy groups -OCH3 is 1. The fraction of sp³-hybridized carbons (Fsp3) is 0.407. The summed E-state index contributed by atoms with van der Waals surface area (Å²) in [6.45, 7) is 3.94. The maximum atomic E-state index is 15.3. The number of H-pyrrole nitrogens is 1. The number of nitrogens with two attached hydrogens (primary N) is 2. The maximum Gasteiger partial charge on any atom is 0.262 e. The molecule has 19 N–H and O–H groups in total. The molecule has 2 saturated heterocycles. The molecule has 0 saturated carbocycles. The summed E-state index contributed by atoms with van der Waals surface area (Å²) in [5, 5.41) is 60.4. The quantitative estimate of drug-likeness (QED) is 0.0147. The summed E-state index contributed by atoms with van der Waals surface area (Å²) in [6, 6.07) is 20.4. The van der Waals surface area contributed by atoms with E-state index in [1.165, 1.54) is 40.8 Å². The van der Waals surface area contributed by atoms with Crippen LogP contribution in [0.25, 0.3) is 21.8 Å². The number of halogens is 1. The highest BCUT2D eigenvalue weighted by molar-refractivity contribution is 6.30. The second-order valence-electron chi connectivity index (χ2n) is 29.0. The third-order valence-corrected chi connectivity index (χ3v) is 20.3. The van der Waals surface area contributed by atoms with Crippen molar-refractivity contribution >= 4 is 116 Å². The van der Waals surface area contributed by atoms with E-state index in [0.717, 1.165) is 0 Å². The molecule has 0 radical (unpaired) electrons. The van der Waals surface area contributed by atoms with Crippen LogP contribution in [-0.4, -0.2) is 202 Å². The minimum absolute atomic E-state index is 0.0263. The smallest absolute Gasteiger partial charge is 0.262 e. The Morgan fingerprint density at radius 2 is 1.23 bits per heavy atom. The summed E-state index contributed by atoms with van der Waals surface area (Å²) in [7, 11) is 1.49. The van der Waals surface area contributed by atoms with Crippen molar-refractivity contribution in [3.63, 3.8) is 0 Å². The third-order valence-electron chi connectivity index (χ3n) is 20.0. The standard InChI is InChI=1S/C81H100ClN17O16/c1-45(2)36-61(73(107)92-60(19-12-34-87-81(84)85)80(114)98-35-13-20-67(98)78(112)89-43-68(83)102)93-71(105)58(18-10-11-33-86-70(104)41-55-46(3)99(66-31-29-53(115-4)40-56(55)66)79(113)49-23-25-51(82)26-24-49)91-74(108)63(38-48-21-27-52(101)28-22-48)95-77(111)65(44-100)97-76(110)64(39-50-42-88-57-17-9-8-16-54(50)57)96-75(109)62(37-47-14-6-5-7-15-47)94-72(106)59-30-32-69(103)90-59/h5-9,14-17,21-29,31,40,42,45,58-65,67,88,100-101H,10-13,18-20,30,32-39,41,43-44H2,1-4H3,(H2,83,102)(H,86,104)(H,89,112)(H,90,103)(H,91,108)(H,92,107)(H,93,105)(H,94,106)(H,95,111)(H,96,109)(H,97,110)(H4,84,85,87)/t58-,59+,60+,61+,62-,63+,64-,65+,67+/m1/s1. The molecule has 7 aromatic rings. The number of para-hydroxylation sites is 1. The Morgan fingerprint density at radius 3 is 1.88 bits per heavy atom. The van der Waals surface area contributed by atoms with Crippen molar-refractivity contribution in [1.29, 1.82) is 5.41 Å². The first-order chi connectivity index (χ1) is 55.1. The Balaban J connectivity index is 0.979. The Bertz CT molecular complexity index is 4690. The molecule has 2 aliphatic heterocycles. The van der Waals surface area contributed by atoms with Gasteiger partial charge in [-0.05, 0) is 154 Å². The van der Waals surface area contributed by atoms with Crippen molar-refractivity contribution < 1.29 is 77.3 Å². The molecule has 12 amide bonds. The molecule has 4 heterocycles. The molecule has 0 aliphatic carbocycles. The Morgan fingerprint density at radius 1 is 0.635 bits per heavy atom. The molecule has 2 aromatic heterocycles. The number of nitrogens with one attached hydrogen (secondary N) is 13. The summed E-state index contributed by atoms with van der Waals surface area (Å²) < 4.78 is 7.05. The van der Waals surface area contributed by atoms with E-state index >= 15 is 9.59 Å². The van der Waals surface area contributed by atoms with Gasteiger partial charge in [0.2, 0.25) is 70.9 Å². The van der Waals surface area contributed by atoms with E-state index in [0.29, 0.717) is 72.5 Å². The van der Waals surface area contributed by atoms with Gasteiger partial charge in [-0.15, -0.1) is 0 Å². The molecular formula is C81H100ClN17O16. The van der Waals surface area contributed by atoms with Crippen LogP contribution in [0.15, 0.2) is 128 Å². The first-order valence-corrected chi connectivity index (χ1v) is 38.5. The molecule has 33 nitrogen and oxygen atoms in total. The van der Waals surface area contributed by atoms with Crippen molar-refractivity contribution in [2.75, 3.05) is 39.9 Å². The SMILES string of the molecule is COc1ccc2c(c1)c(CC(=O)NCCCC[C@@H](NC(=O)[C@H](Cc1ccc(O)cc1)NC(=O)[C@H](CO)NC(=O)[C@@H](Cc1c[nH]c3ccccc13)NC(=O)[C@@H](Cc1ccccc1)NC(=O)[C@@H]1CCC(=O)N1)C(=O)N[C@@H](CC(C)C)C(=O)N[C@@H](CCCNC(=N)N)C(=O)N1CCC[C@H]1C(=O)NCC(N)=O)c(C)n2C(=O)c1ccc(Cl)cc1. The van der Waals surface area contributed by atoms with Crippen LogP contribution < -0.4 is 74.7 Å². The zero-order chi connectivity index (χ0) is 83.0. The fourth-order valence-electron chi connectivity index (χ4n) is 14.1. The van der Waals surface area contributed by atoms with Gasteiger partial charge in [-0.25, -0.2) is 0 Å². The average molecular weight is 1600 g/mol.